The van der Waals surface area contributed by atoms with Gasteiger partial charge in [0.05, 0.1) is 15.9 Å². The number of hydrazine groups is 1. The van der Waals surface area contributed by atoms with E-state index in [-0.39, 0.29) is 5.91 Å². The van der Waals surface area contributed by atoms with Gasteiger partial charge in [-0.15, -0.1) is 11.3 Å². The first kappa shape index (κ1) is 17.6. The van der Waals surface area contributed by atoms with Gasteiger partial charge in [-0.3, -0.25) is 15.6 Å². The van der Waals surface area contributed by atoms with E-state index in [1.165, 1.54) is 4.70 Å². The number of aromatic nitrogens is 1. The molecule has 0 bridgehead atoms. The lowest BCUT2D eigenvalue weighted by Gasteiger charge is -2.08. The fourth-order valence-electron chi connectivity index (χ4n) is 2.53. The maximum absolute atomic E-state index is 12.2. The van der Waals surface area contributed by atoms with E-state index in [0.717, 1.165) is 26.9 Å². The highest BCUT2D eigenvalue weighted by atomic mass is 32.2. The molecule has 0 fully saturated rings. The Morgan fingerprint density at radius 1 is 0.926 bits per heavy atom. The molecule has 27 heavy (non-hydrogen) atoms. The number of para-hydroxylation sites is 2. The number of amides is 1. The van der Waals surface area contributed by atoms with Crippen LogP contribution >= 0.6 is 23.1 Å². The fraction of sp³-hybridized carbons (Fsp3) is 0.0476. The van der Waals surface area contributed by atoms with Gasteiger partial charge in [0, 0.05) is 11.3 Å². The second-order valence-electron chi connectivity index (χ2n) is 5.88. The lowest BCUT2D eigenvalue weighted by atomic mass is 10.1. The molecule has 0 aliphatic heterocycles. The molecule has 1 heterocycles. The van der Waals surface area contributed by atoms with Crippen molar-refractivity contribution in [1.29, 1.82) is 0 Å². The normalized spacial score (nSPS) is 10.7. The van der Waals surface area contributed by atoms with Crippen molar-refractivity contribution in [3.8, 4) is 0 Å². The van der Waals surface area contributed by atoms with E-state index in [4.69, 9.17) is 0 Å². The number of anilines is 1. The summed E-state index contributed by atoms with van der Waals surface area (Å²) in [5.74, 6) is 0.661. The van der Waals surface area contributed by atoms with Crippen LogP contribution in [0, 0.1) is 0 Å². The van der Waals surface area contributed by atoms with Crippen LogP contribution in [0.3, 0.4) is 0 Å². The van der Waals surface area contributed by atoms with Crippen molar-refractivity contribution in [2.45, 2.75) is 10.1 Å². The second kappa shape index (κ2) is 8.24. The Morgan fingerprint density at radius 3 is 2.44 bits per heavy atom. The van der Waals surface area contributed by atoms with Crippen LogP contribution in [0.15, 0.2) is 83.2 Å². The molecule has 0 spiro atoms. The molecule has 2 N–H and O–H groups in total. The quantitative estimate of drug-likeness (QED) is 0.344. The van der Waals surface area contributed by atoms with E-state index in [1.807, 2.05) is 72.8 Å². The maximum atomic E-state index is 12.2. The minimum absolute atomic E-state index is 0.163. The number of rotatable bonds is 6. The number of nitrogens with one attached hydrogen (secondary N) is 2. The van der Waals surface area contributed by atoms with E-state index in [0.29, 0.717) is 5.56 Å². The van der Waals surface area contributed by atoms with Gasteiger partial charge in [0.15, 0.2) is 4.34 Å². The van der Waals surface area contributed by atoms with Gasteiger partial charge in [-0.2, -0.15) is 0 Å². The molecule has 0 atom stereocenters. The second-order valence-corrected chi connectivity index (χ2v) is 8.13. The Balaban J connectivity index is 1.33. The van der Waals surface area contributed by atoms with Crippen molar-refractivity contribution in [3.63, 3.8) is 0 Å². The van der Waals surface area contributed by atoms with Gasteiger partial charge in [-0.05, 0) is 42.0 Å². The molecule has 134 valence electrons. The summed E-state index contributed by atoms with van der Waals surface area (Å²) in [5, 5.41) is 0. The number of thioether (sulfide) groups is 1. The molecule has 1 amide bonds. The van der Waals surface area contributed by atoms with Gasteiger partial charge in [-0.25, -0.2) is 4.98 Å². The summed E-state index contributed by atoms with van der Waals surface area (Å²) < 4.78 is 2.27. The number of hydrogen-bond donors (Lipinski definition) is 2. The Labute approximate surface area is 165 Å². The first-order valence-corrected chi connectivity index (χ1v) is 10.3. The molecule has 0 saturated carbocycles. The number of thiazole rings is 1. The molecule has 4 nitrogen and oxygen atoms in total. The molecule has 6 heteroatoms. The molecule has 0 unspecified atom stereocenters. The molecule has 4 aromatic rings. The molecule has 0 aliphatic rings. The summed E-state index contributed by atoms with van der Waals surface area (Å²) in [6.45, 7) is 0. The molecule has 3 aromatic carbocycles. The highest BCUT2D eigenvalue weighted by Gasteiger charge is 2.07. The third-order valence-electron chi connectivity index (χ3n) is 3.95. The number of carbonyl (C=O) groups is 1. The van der Waals surface area contributed by atoms with E-state index in [9.17, 15) is 4.79 Å². The molecule has 4 rings (SSSR count). The van der Waals surface area contributed by atoms with Crippen molar-refractivity contribution in [2.75, 3.05) is 5.43 Å². The first-order chi connectivity index (χ1) is 13.3. The number of nitrogens with zero attached hydrogens (tertiary/aromatic N) is 1. The van der Waals surface area contributed by atoms with Crippen LogP contribution in [0.2, 0.25) is 0 Å². The van der Waals surface area contributed by atoms with E-state index < -0.39 is 0 Å². The summed E-state index contributed by atoms with van der Waals surface area (Å²) in [6.07, 6.45) is 0. The summed E-state index contributed by atoms with van der Waals surface area (Å²) in [4.78, 5) is 16.9. The maximum Gasteiger partial charge on any atom is 0.269 e. The van der Waals surface area contributed by atoms with Gasteiger partial charge in [0.1, 0.15) is 0 Å². The standard InChI is InChI=1S/C21H17N3OS2/c25-20(24-23-17-6-2-1-3-7-17)16-12-10-15(11-13-16)14-26-21-22-18-8-4-5-9-19(18)27-21/h1-13,23H,14H2,(H,24,25). The van der Waals surface area contributed by atoms with Crippen LogP contribution in [-0.4, -0.2) is 10.9 Å². The topological polar surface area (TPSA) is 54.0 Å². The average Bonchev–Trinajstić information content (AvgIpc) is 3.15. The van der Waals surface area contributed by atoms with Crippen LogP contribution in [0.1, 0.15) is 15.9 Å². The van der Waals surface area contributed by atoms with E-state index >= 15 is 0 Å². The summed E-state index contributed by atoms with van der Waals surface area (Å²) in [7, 11) is 0. The zero-order valence-electron chi connectivity index (χ0n) is 14.4. The number of hydrogen-bond acceptors (Lipinski definition) is 5. The first-order valence-electron chi connectivity index (χ1n) is 8.47. The number of fused-ring (bicyclic) bond motifs is 1. The molecular weight excluding hydrogens is 374 g/mol. The number of carbonyl (C=O) groups excluding carboxylic acids is 1. The SMILES string of the molecule is O=C(NNc1ccccc1)c1ccc(CSc2nc3ccccc3s2)cc1. The minimum Gasteiger partial charge on any atom is -0.298 e. The molecule has 0 saturated heterocycles. The van der Waals surface area contributed by atoms with Gasteiger partial charge >= 0.3 is 0 Å². The van der Waals surface area contributed by atoms with Gasteiger partial charge < -0.3 is 0 Å². The zero-order valence-corrected chi connectivity index (χ0v) is 16.0. The third kappa shape index (κ3) is 4.48. The van der Waals surface area contributed by atoms with Gasteiger partial charge in [0.25, 0.3) is 5.91 Å². The average molecular weight is 392 g/mol. The van der Waals surface area contributed by atoms with E-state index in [2.05, 4.69) is 21.9 Å². The lowest BCUT2D eigenvalue weighted by molar-refractivity contribution is 0.0962. The van der Waals surface area contributed by atoms with Crippen molar-refractivity contribution in [3.05, 3.63) is 90.0 Å². The Hall–Kier alpha value is -2.83. The number of benzene rings is 3. The highest BCUT2D eigenvalue weighted by molar-refractivity contribution is 8.00. The zero-order chi connectivity index (χ0) is 18.5. The molecule has 0 aliphatic carbocycles. The van der Waals surface area contributed by atoms with Crippen LogP contribution in [0.25, 0.3) is 10.2 Å². The Morgan fingerprint density at radius 2 is 1.67 bits per heavy atom. The monoisotopic (exact) mass is 391 g/mol. The van der Waals surface area contributed by atoms with Crippen molar-refractivity contribution in [2.24, 2.45) is 0 Å². The van der Waals surface area contributed by atoms with Crippen LogP contribution in [-0.2, 0) is 5.75 Å². The third-order valence-corrected chi connectivity index (χ3v) is 6.20. The minimum atomic E-state index is -0.163. The van der Waals surface area contributed by atoms with Crippen LogP contribution in [0.4, 0.5) is 5.69 Å². The predicted molar refractivity (Wildman–Crippen MR) is 113 cm³/mol. The predicted octanol–water partition coefficient (Wildman–Crippen LogP) is 5.35. The van der Waals surface area contributed by atoms with Crippen molar-refractivity contribution < 1.29 is 4.79 Å². The lowest BCUT2D eigenvalue weighted by Crippen LogP contribution is -2.29. The molecule has 0 radical (unpaired) electrons. The summed E-state index contributed by atoms with van der Waals surface area (Å²) >= 11 is 3.42. The highest BCUT2D eigenvalue weighted by Crippen LogP contribution is 2.31. The van der Waals surface area contributed by atoms with Gasteiger partial charge in [-0.1, -0.05) is 54.2 Å². The largest absolute Gasteiger partial charge is 0.298 e. The van der Waals surface area contributed by atoms with Gasteiger partial charge in [0.2, 0.25) is 0 Å². The Bertz CT molecular complexity index is 1010. The van der Waals surface area contributed by atoms with Crippen molar-refractivity contribution >= 4 is 44.9 Å². The smallest absolute Gasteiger partial charge is 0.269 e. The Kier molecular flexibility index (Phi) is 5.37. The summed E-state index contributed by atoms with van der Waals surface area (Å²) in [5.41, 5.74) is 9.27. The van der Waals surface area contributed by atoms with Crippen LogP contribution in [0.5, 0.6) is 0 Å². The molecular formula is C21H17N3OS2. The fourth-order valence-corrected chi connectivity index (χ4v) is 4.56. The van der Waals surface area contributed by atoms with E-state index in [1.54, 1.807) is 23.1 Å². The van der Waals surface area contributed by atoms with Crippen LogP contribution < -0.4 is 10.9 Å². The molecule has 1 aromatic heterocycles. The summed E-state index contributed by atoms with van der Waals surface area (Å²) in [6, 6.07) is 25.4. The van der Waals surface area contributed by atoms with Crippen molar-refractivity contribution in [1.82, 2.24) is 10.4 Å².